The topological polar surface area (TPSA) is 9.23 Å². The number of ether oxygens (including phenoxy) is 1. The van der Waals surface area contributed by atoms with Gasteiger partial charge in [0.1, 0.15) is 5.75 Å². The molecule has 3 heteroatoms. The van der Waals surface area contributed by atoms with Crippen LogP contribution in [-0.2, 0) is 0 Å². The van der Waals surface area contributed by atoms with Gasteiger partial charge in [-0.1, -0.05) is 18.9 Å². The van der Waals surface area contributed by atoms with Crippen molar-refractivity contribution < 1.29 is 13.5 Å². The third-order valence-corrected chi connectivity index (χ3v) is 6.61. The molecule has 0 spiro atoms. The van der Waals surface area contributed by atoms with Crippen molar-refractivity contribution in [1.82, 2.24) is 0 Å². The maximum atomic E-state index is 13.2. The highest BCUT2D eigenvalue weighted by Gasteiger charge is 2.30. The molecule has 0 aromatic heterocycles. The fraction of sp³-hybridized carbons (Fsp3) is 0.652. The zero-order valence-electron chi connectivity index (χ0n) is 15.8. The van der Waals surface area contributed by atoms with Crippen LogP contribution >= 0.6 is 0 Å². The van der Waals surface area contributed by atoms with Crippen LogP contribution in [0.4, 0.5) is 8.78 Å². The van der Waals surface area contributed by atoms with Crippen molar-refractivity contribution in [2.75, 3.05) is 6.61 Å². The first-order valence-electron chi connectivity index (χ1n) is 10.3. The SMILES string of the molecule is C=CCC[C@H]1CC[C@H]([C@H]2CC[C@H](COc3ccc(F)c(F)c3)CC2)CC1. The number of allylic oxidation sites excluding steroid dienone is 1. The average molecular weight is 363 g/mol. The maximum absolute atomic E-state index is 13.2. The minimum absolute atomic E-state index is 0.434. The van der Waals surface area contributed by atoms with E-state index >= 15 is 0 Å². The summed E-state index contributed by atoms with van der Waals surface area (Å²) >= 11 is 0. The highest BCUT2D eigenvalue weighted by molar-refractivity contribution is 5.23. The van der Waals surface area contributed by atoms with Crippen LogP contribution in [0.15, 0.2) is 30.9 Å². The highest BCUT2D eigenvalue weighted by atomic mass is 19.2. The molecule has 0 aliphatic heterocycles. The van der Waals surface area contributed by atoms with Crippen LogP contribution in [0.3, 0.4) is 0 Å². The van der Waals surface area contributed by atoms with Gasteiger partial charge in [-0.25, -0.2) is 8.78 Å². The van der Waals surface area contributed by atoms with Crippen LogP contribution in [-0.4, -0.2) is 6.61 Å². The first-order chi connectivity index (χ1) is 12.7. The second-order valence-corrected chi connectivity index (χ2v) is 8.31. The van der Waals surface area contributed by atoms with Gasteiger partial charge in [0, 0.05) is 6.07 Å². The Labute approximate surface area is 156 Å². The predicted molar refractivity (Wildman–Crippen MR) is 102 cm³/mol. The first-order valence-corrected chi connectivity index (χ1v) is 10.3. The molecule has 3 rings (SSSR count). The lowest BCUT2D eigenvalue weighted by atomic mass is 9.69. The van der Waals surface area contributed by atoms with Gasteiger partial charge in [0.15, 0.2) is 11.6 Å². The third-order valence-electron chi connectivity index (χ3n) is 6.61. The molecule has 2 aliphatic rings. The molecule has 1 nitrogen and oxygen atoms in total. The fourth-order valence-electron chi connectivity index (χ4n) is 4.91. The molecule has 2 fully saturated rings. The molecular formula is C23H32F2O. The van der Waals surface area contributed by atoms with E-state index in [1.54, 1.807) is 0 Å². The number of rotatable bonds is 7. The summed E-state index contributed by atoms with van der Waals surface area (Å²) in [7, 11) is 0. The summed E-state index contributed by atoms with van der Waals surface area (Å²) in [4.78, 5) is 0. The van der Waals surface area contributed by atoms with Crippen LogP contribution in [0.2, 0.25) is 0 Å². The maximum Gasteiger partial charge on any atom is 0.162 e. The molecule has 26 heavy (non-hydrogen) atoms. The van der Waals surface area contributed by atoms with Crippen LogP contribution in [0.5, 0.6) is 5.75 Å². The Bertz CT molecular complexity index is 570. The van der Waals surface area contributed by atoms with Crippen LogP contribution < -0.4 is 4.74 Å². The Morgan fingerprint density at radius 3 is 2.08 bits per heavy atom. The Morgan fingerprint density at radius 2 is 1.50 bits per heavy atom. The number of hydrogen-bond donors (Lipinski definition) is 0. The van der Waals surface area contributed by atoms with Crippen LogP contribution in [0, 0.1) is 35.3 Å². The van der Waals surface area contributed by atoms with E-state index in [4.69, 9.17) is 4.74 Å². The number of hydrogen-bond acceptors (Lipinski definition) is 1. The van der Waals surface area contributed by atoms with E-state index in [0.717, 1.165) is 29.9 Å². The molecule has 0 N–H and O–H groups in total. The van der Waals surface area contributed by atoms with Gasteiger partial charge < -0.3 is 4.74 Å². The van der Waals surface area contributed by atoms with E-state index in [-0.39, 0.29) is 0 Å². The van der Waals surface area contributed by atoms with Crippen molar-refractivity contribution in [1.29, 1.82) is 0 Å². The van der Waals surface area contributed by atoms with Gasteiger partial charge in [-0.05, 0) is 87.2 Å². The van der Waals surface area contributed by atoms with Crippen molar-refractivity contribution in [3.8, 4) is 5.75 Å². The normalized spacial score (nSPS) is 29.3. The molecule has 1 aromatic carbocycles. The van der Waals surface area contributed by atoms with Crippen molar-refractivity contribution in [3.05, 3.63) is 42.5 Å². The van der Waals surface area contributed by atoms with Crippen LogP contribution in [0.25, 0.3) is 0 Å². The zero-order valence-corrected chi connectivity index (χ0v) is 15.8. The largest absolute Gasteiger partial charge is 0.493 e. The van der Waals surface area contributed by atoms with Gasteiger partial charge in [-0.2, -0.15) is 0 Å². The van der Waals surface area contributed by atoms with Crippen LogP contribution in [0.1, 0.15) is 64.2 Å². The van der Waals surface area contributed by atoms with Gasteiger partial charge in [0.25, 0.3) is 0 Å². The second kappa shape index (κ2) is 9.53. The highest BCUT2D eigenvalue weighted by Crippen LogP contribution is 2.42. The van der Waals surface area contributed by atoms with Crippen molar-refractivity contribution in [3.63, 3.8) is 0 Å². The molecular weight excluding hydrogens is 330 g/mol. The van der Waals surface area contributed by atoms with E-state index < -0.39 is 11.6 Å². The predicted octanol–water partition coefficient (Wildman–Crippen LogP) is 6.92. The van der Waals surface area contributed by atoms with Crippen molar-refractivity contribution in [2.45, 2.75) is 64.2 Å². The molecule has 0 radical (unpaired) electrons. The Morgan fingerprint density at radius 1 is 0.885 bits per heavy atom. The minimum Gasteiger partial charge on any atom is -0.493 e. The van der Waals surface area contributed by atoms with Gasteiger partial charge in [-0.15, -0.1) is 6.58 Å². The van der Waals surface area contributed by atoms with E-state index in [0.29, 0.717) is 18.3 Å². The summed E-state index contributed by atoms with van der Waals surface area (Å²) in [5.41, 5.74) is 0. The Balaban J connectivity index is 1.36. The summed E-state index contributed by atoms with van der Waals surface area (Å²) < 4.78 is 31.9. The quantitative estimate of drug-likeness (QED) is 0.478. The molecule has 2 aliphatic carbocycles. The summed E-state index contributed by atoms with van der Waals surface area (Å²) in [6.45, 7) is 4.45. The van der Waals surface area contributed by atoms with E-state index in [1.165, 1.54) is 70.3 Å². The van der Waals surface area contributed by atoms with Crippen molar-refractivity contribution >= 4 is 0 Å². The van der Waals surface area contributed by atoms with Gasteiger partial charge >= 0.3 is 0 Å². The lowest BCUT2D eigenvalue weighted by Crippen LogP contribution is -2.27. The molecule has 2 saturated carbocycles. The summed E-state index contributed by atoms with van der Waals surface area (Å²) in [5.74, 6) is 2.04. The van der Waals surface area contributed by atoms with Gasteiger partial charge in [0.2, 0.25) is 0 Å². The van der Waals surface area contributed by atoms with Gasteiger partial charge in [-0.3, -0.25) is 0 Å². The van der Waals surface area contributed by atoms with E-state index in [1.807, 2.05) is 0 Å². The monoisotopic (exact) mass is 362 g/mol. The molecule has 0 atom stereocenters. The minimum atomic E-state index is -0.838. The van der Waals surface area contributed by atoms with Crippen molar-refractivity contribution in [2.24, 2.45) is 23.7 Å². The van der Waals surface area contributed by atoms with E-state index in [2.05, 4.69) is 12.7 Å². The first kappa shape index (κ1) is 19.4. The Kier molecular flexibility index (Phi) is 7.10. The van der Waals surface area contributed by atoms with E-state index in [9.17, 15) is 8.78 Å². The number of halogens is 2. The zero-order chi connectivity index (χ0) is 18.4. The molecule has 1 aromatic rings. The standard InChI is InChI=1S/C23H32F2O/c1-2-3-4-17-5-9-19(10-6-17)20-11-7-18(8-12-20)16-26-21-13-14-22(24)23(25)15-21/h2,13-15,17-20H,1,3-12,16H2/t17-,18-,19-,20-. The lowest BCUT2D eigenvalue weighted by Gasteiger charge is -2.37. The number of benzene rings is 1. The molecule has 0 unspecified atom stereocenters. The lowest BCUT2D eigenvalue weighted by molar-refractivity contribution is 0.122. The molecule has 0 heterocycles. The second-order valence-electron chi connectivity index (χ2n) is 8.31. The molecule has 0 saturated heterocycles. The Hall–Kier alpha value is -1.38. The average Bonchev–Trinajstić information content (AvgIpc) is 2.68. The van der Waals surface area contributed by atoms with Gasteiger partial charge in [0.05, 0.1) is 6.61 Å². The summed E-state index contributed by atoms with van der Waals surface area (Å²) in [5, 5.41) is 0. The fourth-order valence-corrected chi connectivity index (χ4v) is 4.91. The molecule has 0 amide bonds. The smallest absolute Gasteiger partial charge is 0.162 e. The third kappa shape index (κ3) is 5.31. The molecule has 0 bridgehead atoms. The molecule has 144 valence electrons. The summed E-state index contributed by atoms with van der Waals surface area (Å²) in [6, 6.07) is 3.79. The summed E-state index contributed by atoms with van der Waals surface area (Å²) in [6.07, 6.45) is 15.1.